The van der Waals surface area contributed by atoms with Crippen molar-refractivity contribution in [2.75, 3.05) is 20.7 Å². The van der Waals surface area contributed by atoms with E-state index in [1.807, 2.05) is 0 Å². The molecule has 1 N–H and O–H groups in total. The van der Waals surface area contributed by atoms with E-state index in [-0.39, 0.29) is 30.0 Å². The van der Waals surface area contributed by atoms with Crippen LogP contribution in [0.1, 0.15) is 41.3 Å². The van der Waals surface area contributed by atoms with Crippen LogP contribution >= 0.6 is 0 Å². The summed E-state index contributed by atoms with van der Waals surface area (Å²) in [6, 6.07) is -3.68. The maximum absolute atomic E-state index is 13.3. The van der Waals surface area contributed by atoms with Crippen LogP contribution < -0.4 is 9.47 Å². The first-order valence-corrected chi connectivity index (χ1v) is 7.50. The quantitative estimate of drug-likeness (QED) is 0.837. The molecule has 0 aromatic heterocycles. The highest BCUT2D eigenvalue weighted by molar-refractivity contribution is 5.90. The lowest BCUT2D eigenvalue weighted by atomic mass is 9.49. The number of rotatable bonds is 1. The number of hydrogen-bond donors (Lipinski definition) is 1. The minimum absolute atomic E-state index is 0.0166. The molecule has 1 saturated heterocycles. The number of benzene rings is 1. The SMILES string of the molecule is [2H]c1c([2H])c2c3c(c1OC)OC1([2H])C(=O)C([2H])([2H])C[C@]4(O)[C@@]31CCN(C)[C@]4([2H])C2([2H])[2H]. The van der Waals surface area contributed by atoms with Gasteiger partial charge >= 0.3 is 0 Å². The molecule has 5 nitrogen and oxygen atoms in total. The van der Waals surface area contributed by atoms with E-state index < -0.39 is 65.7 Å². The molecule has 4 aliphatic rings. The lowest BCUT2D eigenvalue weighted by Gasteiger charge is -2.62. The molecule has 23 heavy (non-hydrogen) atoms. The van der Waals surface area contributed by atoms with Crippen molar-refractivity contribution in [3.8, 4) is 11.5 Å². The van der Waals surface area contributed by atoms with Gasteiger partial charge < -0.3 is 19.5 Å². The molecule has 5 rings (SSSR count). The Hall–Kier alpha value is -1.59. The number of carbonyl (C=O) groups excluding carboxylic acids is 1. The van der Waals surface area contributed by atoms with Crippen molar-refractivity contribution in [1.82, 2.24) is 4.90 Å². The van der Waals surface area contributed by atoms with Crippen LogP contribution in [0.25, 0.3) is 0 Å². The summed E-state index contributed by atoms with van der Waals surface area (Å²) >= 11 is 0. The Labute approximate surface area is 146 Å². The average Bonchev–Trinajstić information content (AvgIpc) is 2.92. The number of hydrogen-bond acceptors (Lipinski definition) is 5. The van der Waals surface area contributed by atoms with Crippen LogP contribution in [0.4, 0.5) is 0 Å². The molecule has 2 fully saturated rings. The number of piperidine rings is 1. The Kier molecular flexibility index (Phi) is 1.42. The first kappa shape index (κ1) is 7.99. The van der Waals surface area contributed by atoms with Crippen molar-refractivity contribution in [2.24, 2.45) is 0 Å². The Morgan fingerprint density at radius 2 is 2.39 bits per heavy atom. The zero-order valence-corrected chi connectivity index (χ0v) is 12.7. The van der Waals surface area contributed by atoms with E-state index in [2.05, 4.69) is 0 Å². The van der Waals surface area contributed by atoms with Crippen LogP contribution in [0, 0.1) is 0 Å². The van der Waals surface area contributed by atoms with Gasteiger partial charge in [0.15, 0.2) is 23.4 Å². The topological polar surface area (TPSA) is 59.0 Å². The van der Waals surface area contributed by atoms with Gasteiger partial charge in [-0.2, -0.15) is 0 Å². The average molecular weight is 323 g/mol. The van der Waals surface area contributed by atoms with Gasteiger partial charge in [0.2, 0.25) is 0 Å². The molecule has 1 aromatic rings. The molecule has 0 amide bonds. The number of carbonyl (C=O) groups is 1. The third-order valence-electron chi connectivity index (χ3n) is 5.46. The van der Waals surface area contributed by atoms with Crippen LogP contribution in [0.5, 0.6) is 11.5 Å². The van der Waals surface area contributed by atoms with Crippen molar-refractivity contribution < 1.29 is 30.3 Å². The molecular weight excluding hydrogens is 294 g/mol. The Morgan fingerprint density at radius 3 is 3.17 bits per heavy atom. The second-order valence-electron chi connectivity index (χ2n) is 6.39. The van der Waals surface area contributed by atoms with Crippen molar-refractivity contribution in [3.63, 3.8) is 0 Å². The molecule has 2 heterocycles. The second kappa shape index (κ2) is 4.08. The van der Waals surface area contributed by atoms with E-state index in [1.165, 1.54) is 19.1 Å². The van der Waals surface area contributed by atoms with Gasteiger partial charge in [-0.25, -0.2) is 0 Å². The lowest BCUT2D eigenvalue weighted by Crippen LogP contribution is -2.76. The summed E-state index contributed by atoms with van der Waals surface area (Å²) in [5, 5.41) is 12.1. The molecular formula is C18H21NO4. The van der Waals surface area contributed by atoms with Gasteiger partial charge in [-0.05, 0) is 44.4 Å². The molecule has 2 aliphatic carbocycles. The van der Waals surface area contributed by atoms with Gasteiger partial charge in [0, 0.05) is 23.4 Å². The van der Waals surface area contributed by atoms with Crippen LogP contribution in [0.15, 0.2) is 12.1 Å². The van der Waals surface area contributed by atoms with E-state index in [0.717, 1.165) is 0 Å². The fourth-order valence-electron chi connectivity index (χ4n) is 4.40. The zero-order chi connectivity index (χ0) is 23.2. The largest absolute Gasteiger partial charge is 0.493 e. The van der Waals surface area contributed by atoms with Gasteiger partial charge in [0.25, 0.3) is 0 Å². The third-order valence-corrected chi connectivity index (χ3v) is 5.46. The predicted molar refractivity (Wildman–Crippen MR) is 83.0 cm³/mol. The summed E-state index contributed by atoms with van der Waals surface area (Å²) in [4.78, 5) is 14.5. The number of methoxy groups -OCH3 is 1. The van der Waals surface area contributed by atoms with Gasteiger partial charge in [0.1, 0.15) is 0 Å². The maximum atomic E-state index is 13.3. The molecule has 2 bridgehead atoms. The molecule has 1 aromatic carbocycles. The van der Waals surface area contributed by atoms with Crippen molar-refractivity contribution in [3.05, 3.63) is 23.2 Å². The van der Waals surface area contributed by atoms with Crippen LogP contribution in [0.2, 0.25) is 0 Å². The first-order chi connectivity index (χ1) is 14.1. The number of ketones is 1. The Bertz CT molecular complexity index is 1080. The standard InChI is InChI=1S/C18H21NO4/c1-19-8-7-17-14-10-3-4-12(22-2)15(14)23-16(17)11(20)5-6-18(17,21)13(19)9-10/h3-4,13,16,21H,5-9H2,1-2H3/t13-,16?,17+,18-/m1/s1/i3D,4D,5D2,9D2,13D,16D. The monoisotopic (exact) mass is 323 g/mol. The Morgan fingerprint density at radius 1 is 1.57 bits per heavy atom. The number of likely N-dealkylation sites (tertiary alicyclic amines) is 1. The number of ether oxygens (including phenoxy) is 2. The highest BCUT2D eigenvalue weighted by Gasteiger charge is 2.72. The van der Waals surface area contributed by atoms with Gasteiger partial charge in [-0.1, -0.05) is 6.04 Å². The second-order valence-corrected chi connectivity index (χ2v) is 6.39. The van der Waals surface area contributed by atoms with E-state index in [4.69, 9.17) is 19.1 Å². The molecule has 1 unspecified atom stereocenters. The van der Waals surface area contributed by atoms with Crippen molar-refractivity contribution in [2.45, 2.75) is 48.7 Å². The summed E-state index contributed by atoms with van der Waals surface area (Å²) in [5.74, 6) is -1.85. The van der Waals surface area contributed by atoms with Crippen LogP contribution in [0.3, 0.4) is 0 Å². The number of likely N-dealkylation sites (N-methyl/N-ethyl adjacent to an activating group) is 1. The molecule has 1 saturated carbocycles. The minimum Gasteiger partial charge on any atom is -0.493 e. The third kappa shape index (κ3) is 1.32. The normalized spacial score (nSPS) is 56.4. The van der Waals surface area contributed by atoms with Crippen molar-refractivity contribution >= 4 is 5.78 Å². The molecule has 122 valence electrons. The summed E-state index contributed by atoms with van der Waals surface area (Å²) in [5.41, 5.74) is -5.10. The number of nitrogens with zero attached hydrogens (tertiary/aromatic N) is 1. The molecule has 0 radical (unpaired) electrons. The van der Waals surface area contributed by atoms with Gasteiger partial charge in [0.05, 0.1) is 23.6 Å². The van der Waals surface area contributed by atoms with E-state index >= 15 is 0 Å². The maximum Gasteiger partial charge on any atom is 0.174 e. The molecule has 1 spiro atoms. The van der Waals surface area contributed by atoms with Crippen molar-refractivity contribution in [1.29, 1.82) is 0 Å². The fourth-order valence-corrected chi connectivity index (χ4v) is 4.40. The minimum atomic E-state index is -2.78. The lowest BCUT2D eigenvalue weighted by molar-refractivity contribution is -0.185. The molecule has 4 atom stereocenters. The van der Waals surface area contributed by atoms with E-state index in [1.54, 1.807) is 0 Å². The summed E-state index contributed by atoms with van der Waals surface area (Å²) in [7, 11) is 2.60. The van der Waals surface area contributed by atoms with Gasteiger partial charge in [-0.15, -0.1) is 0 Å². The Balaban J connectivity index is 2.07. The summed E-state index contributed by atoms with van der Waals surface area (Å²) in [6.07, 6.45) is -9.29. The zero-order valence-electron chi connectivity index (χ0n) is 20.7. The van der Waals surface area contributed by atoms with Crippen LogP contribution in [-0.2, 0) is 16.6 Å². The van der Waals surface area contributed by atoms with Crippen LogP contribution in [-0.4, -0.2) is 54.2 Å². The molecule has 2 aliphatic heterocycles. The summed E-state index contributed by atoms with van der Waals surface area (Å²) in [6.45, 7) is 0.0166. The highest BCUT2D eigenvalue weighted by atomic mass is 16.5. The van der Waals surface area contributed by atoms with E-state index in [9.17, 15) is 11.3 Å². The first-order valence-electron chi connectivity index (χ1n) is 11.5. The van der Waals surface area contributed by atoms with Gasteiger partial charge in [-0.3, -0.25) is 4.79 Å². The van der Waals surface area contributed by atoms with E-state index in [0.29, 0.717) is 0 Å². The number of aliphatic hydroxyl groups is 1. The molecule has 5 heteroatoms. The smallest absolute Gasteiger partial charge is 0.174 e. The predicted octanol–water partition coefficient (Wildman–Crippen LogP) is 1.05. The number of Topliss-reactive ketones (excluding diaryl/α,β-unsaturated/α-hetero) is 1. The summed E-state index contributed by atoms with van der Waals surface area (Å²) < 4.78 is 80.4. The fraction of sp³-hybridized carbons (Fsp3) is 0.611. The highest BCUT2D eigenvalue weighted by Crippen LogP contribution is 2.64.